The lowest BCUT2D eigenvalue weighted by Gasteiger charge is -2.05. The van der Waals surface area contributed by atoms with Gasteiger partial charge in [-0.1, -0.05) is 0 Å². The maximum absolute atomic E-state index is 12.0. The molecule has 0 atom stereocenters. The van der Waals surface area contributed by atoms with Crippen LogP contribution in [0, 0.1) is 6.92 Å². The Balaban J connectivity index is 2.24. The predicted octanol–water partition coefficient (Wildman–Crippen LogP) is 1.12. The second-order valence-electron chi connectivity index (χ2n) is 3.65. The van der Waals surface area contributed by atoms with Crippen LogP contribution in [0.25, 0.3) is 0 Å². The molecule has 0 spiro atoms. The quantitative estimate of drug-likeness (QED) is 0.866. The van der Waals surface area contributed by atoms with Gasteiger partial charge < -0.3 is 11.1 Å². The van der Waals surface area contributed by atoms with Gasteiger partial charge in [-0.25, -0.2) is 9.97 Å². The second-order valence-corrected chi connectivity index (χ2v) is 4.46. The summed E-state index contributed by atoms with van der Waals surface area (Å²) in [6.45, 7) is 1.74. The third kappa shape index (κ3) is 2.33. The first-order chi connectivity index (χ1) is 8.49. The minimum Gasteiger partial charge on any atom is -0.395 e. The van der Waals surface area contributed by atoms with Crippen LogP contribution in [0.4, 0.5) is 11.5 Å². The highest BCUT2D eigenvalue weighted by atomic mass is 79.9. The van der Waals surface area contributed by atoms with Crippen LogP contribution in [0.5, 0.6) is 0 Å². The van der Waals surface area contributed by atoms with Gasteiger partial charge in [0.25, 0.3) is 5.91 Å². The van der Waals surface area contributed by atoms with Crippen LogP contribution in [0.15, 0.2) is 17.0 Å². The van der Waals surface area contributed by atoms with Crippen molar-refractivity contribution in [1.82, 2.24) is 19.7 Å². The summed E-state index contributed by atoms with van der Waals surface area (Å²) in [5, 5.41) is 6.68. The average molecular weight is 311 g/mol. The number of nitrogens with zero attached hydrogens (tertiary/aromatic N) is 4. The first kappa shape index (κ1) is 12.5. The number of aromatic nitrogens is 4. The van der Waals surface area contributed by atoms with Gasteiger partial charge in [-0.3, -0.25) is 9.48 Å². The van der Waals surface area contributed by atoms with E-state index in [4.69, 9.17) is 5.73 Å². The van der Waals surface area contributed by atoms with Gasteiger partial charge in [0.15, 0.2) is 5.82 Å². The van der Waals surface area contributed by atoms with E-state index in [0.29, 0.717) is 27.5 Å². The van der Waals surface area contributed by atoms with Crippen molar-refractivity contribution >= 4 is 33.3 Å². The van der Waals surface area contributed by atoms with Gasteiger partial charge in [-0.2, -0.15) is 5.10 Å². The number of nitrogen functional groups attached to an aromatic ring is 1. The van der Waals surface area contributed by atoms with E-state index >= 15 is 0 Å². The number of nitrogens with one attached hydrogen (secondary N) is 1. The summed E-state index contributed by atoms with van der Waals surface area (Å²) in [5.74, 6) is -0.0197. The SMILES string of the molecule is Cc1nn(C)c(C(=O)Nc2cnc(Br)cn2)c1N. The molecule has 7 nitrogen and oxygen atoms in total. The molecule has 0 aliphatic heterocycles. The van der Waals surface area contributed by atoms with Crippen LogP contribution in [-0.2, 0) is 7.05 Å². The fourth-order valence-electron chi connectivity index (χ4n) is 1.50. The lowest BCUT2D eigenvalue weighted by atomic mass is 10.3. The molecule has 0 saturated heterocycles. The largest absolute Gasteiger partial charge is 0.395 e. The fourth-order valence-corrected chi connectivity index (χ4v) is 1.70. The zero-order valence-corrected chi connectivity index (χ0v) is 11.4. The molecule has 18 heavy (non-hydrogen) atoms. The molecule has 2 aromatic heterocycles. The van der Waals surface area contributed by atoms with Gasteiger partial charge in [-0.15, -0.1) is 0 Å². The summed E-state index contributed by atoms with van der Waals surface area (Å²) >= 11 is 3.16. The number of carbonyl (C=O) groups excluding carboxylic acids is 1. The molecule has 0 aliphatic rings. The molecular formula is C10H11BrN6O. The molecule has 0 fully saturated rings. The zero-order valence-electron chi connectivity index (χ0n) is 9.81. The topological polar surface area (TPSA) is 98.7 Å². The summed E-state index contributed by atoms with van der Waals surface area (Å²) in [7, 11) is 1.66. The van der Waals surface area contributed by atoms with Crippen molar-refractivity contribution in [1.29, 1.82) is 0 Å². The number of anilines is 2. The van der Waals surface area contributed by atoms with E-state index in [0.717, 1.165) is 0 Å². The summed E-state index contributed by atoms with van der Waals surface area (Å²) in [4.78, 5) is 20.0. The lowest BCUT2D eigenvalue weighted by molar-refractivity contribution is 0.101. The number of aryl methyl sites for hydroxylation is 2. The van der Waals surface area contributed by atoms with Crippen molar-refractivity contribution < 1.29 is 4.79 Å². The monoisotopic (exact) mass is 310 g/mol. The van der Waals surface area contributed by atoms with Crippen molar-refractivity contribution in [2.45, 2.75) is 6.92 Å². The molecule has 1 amide bonds. The Morgan fingerprint density at radius 1 is 1.44 bits per heavy atom. The van der Waals surface area contributed by atoms with Crippen LogP contribution in [0.1, 0.15) is 16.2 Å². The van der Waals surface area contributed by atoms with Crippen molar-refractivity contribution in [3.63, 3.8) is 0 Å². The van der Waals surface area contributed by atoms with E-state index in [-0.39, 0.29) is 5.91 Å². The van der Waals surface area contributed by atoms with Crippen molar-refractivity contribution in [3.8, 4) is 0 Å². The van der Waals surface area contributed by atoms with Crippen molar-refractivity contribution in [3.05, 3.63) is 28.4 Å². The molecular weight excluding hydrogens is 300 g/mol. The molecule has 0 radical (unpaired) electrons. The first-order valence-electron chi connectivity index (χ1n) is 5.07. The summed E-state index contributed by atoms with van der Waals surface area (Å²) in [6.07, 6.45) is 2.94. The first-order valence-corrected chi connectivity index (χ1v) is 5.86. The number of carbonyl (C=O) groups is 1. The summed E-state index contributed by atoms with van der Waals surface area (Å²) < 4.78 is 2.03. The van der Waals surface area contributed by atoms with Crippen molar-refractivity contribution in [2.24, 2.45) is 7.05 Å². The van der Waals surface area contributed by atoms with Crippen LogP contribution in [0.2, 0.25) is 0 Å². The minimum atomic E-state index is -0.368. The van der Waals surface area contributed by atoms with Gasteiger partial charge in [0, 0.05) is 7.05 Å². The van der Waals surface area contributed by atoms with Gasteiger partial charge in [-0.05, 0) is 22.9 Å². The second kappa shape index (κ2) is 4.73. The number of nitrogens with two attached hydrogens (primary N) is 1. The smallest absolute Gasteiger partial charge is 0.277 e. The Morgan fingerprint density at radius 3 is 2.67 bits per heavy atom. The average Bonchev–Trinajstić information content (AvgIpc) is 2.56. The molecule has 2 heterocycles. The van der Waals surface area contributed by atoms with Gasteiger partial charge in [0.2, 0.25) is 0 Å². The van der Waals surface area contributed by atoms with Crippen LogP contribution < -0.4 is 11.1 Å². The highest BCUT2D eigenvalue weighted by Crippen LogP contribution is 2.16. The van der Waals surface area contributed by atoms with Crippen LogP contribution in [0.3, 0.4) is 0 Å². The predicted molar refractivity (Wildman–Crippen MR) is 70.0 cm³/mol. The molecule has 8 heteroatoms. The molecule has 2 rings (SSSR count). The highest BCUT2D eigenvalue weighted by molar-refractivity contribution is 9.10. The van der Waals surface area contributed by atoms with Gasteiger partial charge >= 0.3 is 0 Å². The molecule has 0 aromatic carbocycles. The highest BCUT2D eigenvalue weighted by Gasteiger charge is 2.18. The molecule has 2 aromatic rings. The zero-order chi connectivity index (χ0) is 13.3. The molecule has 0 bridgehead atoms. The summed E-state index contributed by atoms with van der Waals surface area (Å²) in [6, 6.07) is 0. The van der Waals surface area contributed by atoms with Crippen molar-refractivity contribution in [2.75, 3.05) is 11.1 Å². The lowest BCUT2D eigenvalue weighted by Crippen LogP contribution is -2.18. The molecule has 0 saturated carbocycles. The molecule has 0 unspecified atom stereocenters. The van der Waals surface area contributed by atoms with Crippen LogP contribution in [-0.4, -0.2) is 25.7 Å². The number of hydrogen-bond donors (Lipinski definition) is 2. The Labute approximate surface area is 112 Å². The maximum Gasteiger partial charge on any atom is 0.277 e. The van der Waals surface area contributed by atoms with E-state index in [2.05, 4.69) is 36.3 Å². The van der Waals surface area contributed by atoms with Crippen LogP contribution >= 0.6 is 15.9 Å². The van der Waals surface area contributed by atoms with E-state index < -0.39 is 0 Å². The number of hydrogen-bond acceptors (Lipinski definition) is 5. The number of halogens is 1. The van der Waals surface area contributed by atoms with E-state index in [1.54, 1.807) is 14.0 Å². The Kier molecular flexibility index (Phi) is 3.28. The molecule has 0 aliphatic carbocycles. The van der Waals surface area contributed by atoms with E-state index in [9.17, 15) is 4.79 Å². The number of rotatable bonds is 2. The number of amides is 1. The fraction of sp³-hybridized carbons (Fsp3) is 0.200. The van der Waals surface area contributed by atoms with Gasteiger partial charge in [0.1, 0.15) is 10.3 Å². The minimum absolute atomic E-state index is 0.303. The van der Waals surface area contributed by atoms with E-state index in [1.807, 2.05) is 0 Å². The Bertz CT molecular complexity index is 591. The van der Waals surface area contributed by atoms with E-state index in [1.165, 1.54) is 17.1 Å². The third-order valence-electron chi connectivity index (χ3n) is 2.35. The summed E-state index contributed by atoms with van der Waals surface area (Å²) in [5.41, 5.74) is 7.07. The molecule has 3 N–H and O–H groups in total. The third-order valence-corrected chi connectivity index (χ3v) is 2.76. The normalized spacial score (nSPS) is 10.4. The maximum atomic E-state index is 12.0. The Hall–Kier alpha value is -1.96. The standard InChI is InChI=1S/C10H11BrN6O/c1-5-8(12)9(17(2)16-5)10(18)15-7-4-13-6(11)3-14-7/h3-4H,12H2,1-2H3,(H,14,15,18). The molecule has 94 valence electrons. The van der Waals surface area contributed by atoms with Gasteiger partial charge in [0.05, 0.1) is 23.8 Å². The Morgan fingerprint density at radius 2 is 2.17 bits per heavy atom.